The highest BCUT2D eigenvalue weighted by Gasteiger charge is 2.19. The van der Waals surface area contributed by atoms with E-state index in [0.717, 1.165) is 29.4 Å². The fraction of sp³-hybridized carbons (Fsp3) is 0.611. The van der Waals surface area contributed by atoms with Gasteiger partial charge in [0.15, 0.2) is 0 Å². The third-order valence-electron chi connectivity index (χ3n) is 3.56. The fourth-order valence-corrected chi connectivity index (χ4v) is 2.81. The van der Waals surface area contributed by atoms with E-state index in [1.54, 1.807) is 0 Å². The Morgan fingerprint density at radius 2 is 1.71 bits per heavy atom. The summed E-state index contributed by atoms with van der Waals surface area (Å²) in [6, 6.07) is 6.41. The minimum absolute atomic E-state index is 0.248. The maximum Gasteiger partial charge on any atom is 0.110 e. The Bertz CT molecular complexity index is 627. The first-order valence-electron chi connectivity index (χ1n) is 7.70. The van der Waals surface area contributed by atoms with Gasteiger partial charge < -0.3 is 4.57 Å². The molecule has 21 heavy (non-hydrogen) atoms. The van der Waals surface area contributed by atoms with E-state index < -0.39 is 0 Å². The van der Waals surface area contributed by atoms with E-state index in [9.17, 15) is 0 Å². The second-order valence-corrected chi connectivity index (χ2v) is 9.28. The molecule has 0 aliphatic heterocycles. The van der Waals surface area contributed by atoms with Gasteiger partial charge in [0.1, 0.15) is 5.82 Å². The zero-order chi connectivity index (χ0) is 15.8. The van der Waals surface area contributed by atoms with Crippen LogP contribution in [0.15, 0.2) is 22.7 Å². The van der Waals surface area contributed by atoms with E-state index in [1.165, 1.54) is 11.3 Å². The van der Waals surface area contributed by atoms with Crippen molar-refractivity contribution < 1.29 is 0 Å². The molecule has 0 unspecified atom stereocenters. The molecule has 1 aromatic carbocycles. The molecule has 0 radical (unpaired) electrons. The largest absolute Gasteiger partial charge is 0.328 e. The maximum atomic E-state index is 4.89. The first-order chi connectivity index (χ1) is 9.55. The molecule has 3 heteroatoms. The van der Waals surface area contributed by atoms with Gasteiger partial charge in [-0.25, -0.2) is 4.98 Å². The molecule has 2 nitrogen and oxygen atoms in total. The Morgan fingerprint density at radius 1 is 1.05 bits per heavy atom. The van der Waals surface area contributed by atoms with Crippen molar-refractivity contribution in [3.05, 3.63) is 28.5 Å². The zero-order valence-corrected chi connectivity index (χ0v) is 15.7. The van der Waals surface area contributed by atoms with E-state index in [4.69, 9.17) is 4.98 Å². The van der Waals surface area contributed by atoms with Crippen LogP contribution in [0.25, 0.3) is 11.0 Å². The number of imidazole rings is 1. The molecule has 0 amide bonds. The zero-order valence-electron chi connectivity index (χ0n) is 14.1. The summed E-state index contributed by atoms with van der Waals surface area (Å²) in [5.41, 5.74) is 2.93. The predicted octanol–water partition coefficient (Wildman–Crippen LogP) is 5.82. The smallest absolute Gasteiger partial charge is 0.110 e. The molecule has 0 saturated carbocycles. The van der Waals surface area contributed by atoms with E-state index in [1.807, 2.05) is 0 Å². The van der Waals surface area contributed by atoms with Crippen LogP contribution in [0.3, 0.4) is 0 Å². The molecule has 0 saturated heterocycles. The third kappa shape index (κ3) is 4.57. The maximum absolute atomic E-state index is 4.89. The Hall–Kier alpha value is -0.830. The van der Waals surface area contributed by atoms with E-state index in [-0.39, 0.29) is 5.41 Å². The fourth-order valence-electron chi connectivity index (χ4n) is 2.46. The van der Waals surface area contributed by atoms with Crippen LogP contribution >= 0.6 is 15.9 Å². The molecule has 0 N–H and O–H groups in total. The summed E-state index contributed by atoms with van der Waals surface area (Å²) in [5.74, 6) is 1.21. The Kier molecular flexibility index (Phi) is 4.53. The van der Waals surface area contributed by atoms with Crippen LogP contribution in [-0.4, -0.2) is 9.55 Å². The summed E-state index contributed by atoms with van der Waals surface area (Å²) in [4.78, 5) is 4.89. The summed E-state index contributed by atoms with van der Waals surface area (Å²) in [6.45, 7) is 14.8. The Labute approximate surface area is 137 Å². The lowest BCUT2D eigenvalue weighted by atomic mass is 9.91. The highest BCUT2D eigenvalue weighted by molar-refractivity contribution is 9.10. The number of hydrogen-bond donors (Lipinski definition) is 0. The average Bonchev–Trinajstić information content (AvgIpc) is 2.59. The number of aromatic nitrogens is 2. The Morgan fingerprint density at radius 3 is 2.29 bits per heavy atom. The number of aryl methyl sites for hydroxylation is 1. The molecule has 1 aromatic heterocycles. The lowest BCUT2D eigenvalue weighted by Crippen LogP contribution is -2.17. The lowest BCUT2D eigenvalue weighted by Gasteiger charge is -2.22. The second-order valence-electron chi connectivity index (χ2n) is 8.36. The van der Waals surface area contributed by atoms with Gasteiger partial charge in [0.25, 0.3) is 0 Å². The molecule has 0 spiro atoms. The van der Waals surface area contributed by atoms with Crippen LogP contribution in [-0.2, 0) is 13.0 Å². The normalized spacial score (nSPS) is 13.1. The molecular weight excluding hydrogens is 324 g/mol. The van der Waals surface area contributed by atoms with Crippen molar-refractivity contribution in [2.24, 2.45) is 10.8 Å². The summed E-state index contributed by atoms with van der Waals surface area (Å²) < 4.78 is 3.51. The molecule has 1 heterocycles. The first-order valence-corrected chi connectivity index (χ1v) is 8.49. The van der Waals surface area contributed by atoms with E-state index in [2.05, 4.69) is 80.2 Å². The molecule has 0 atom stereocenters. The summed E-state index contributed by atoms with van der Waals surface area (Å²) >= 11 is 3.55. The van der Waals surface area contributed by atoms with Crippen molar-refractivity contribution in [3.8, 4) is 0 Å². The highest BCUT2D eigenvalue weighted by Crippen LogP contribution is 2.28. The van der Waals surface area contributed by atoms with Gasteiger partial charge in [-0.3, -0.25) is 0 Å². The van der Waals surface area contributed by atoms with Crippen molar-refractivity contribution in [2.45, 2.75) is 60.9 Å². The van der Waals surface area contributed by atoms with Crippen LogP contribution in [0.1, 0.15) is 53.8 Å². The number of nitrogens with zero attached hydrogens (tertiary/aromatic N) is 2. The van der Waals surface area contributed by atoms with Gasteiger partial charge in [-0.15, -0.1) is 0 Å². The molecule has 0 fully saturated rings. The van der Waals surface area contributed by atoms with E-state index in [0.29, 0.717) is 5.41 Å². The topological polar surface area (TPSA) is 17.8 Å². The summed E-state index contributed by atoms with van der Waals surface area (Å²) in [7, 11) is 0. The molecule has 2 rings (SSSR count). The minimum Gasteiger partial charge on any atom is -0.328 e. The summed E-state index contributed by atoms with van der Waals surface area (Å²) in [5, 5.41) is 0. The van der Waals surface area contributed by atoms with Gasteiger partial charge in [-0.2, -0.15) is 0 Å². The Balaban J connectivity index is 2.44. The van der Waals surface area contributed by atoms with Gasteiger partial charge >= 0.3 is 0 Å². The summed E-state index contributed by atoms with van der Waals surface area (Å²) in [6.07, 6.45) is 2.16. The van der Waals surface area contributed by atoms with Gasteiger partial charge in [0.05, 0.1) is 11.0 Å². The first kappa shape index (κ1) is 16.5. The van der Waals surface area contributed by atoms with Crippen molar-refractivity contribution >= 4 is 27.0 Å². The van der Waals surface area contributed by atoms with Gasteiger partial charge in [-0.05, 0) is 35.4 Å². The minimum atomic E-state index is 0.248. The van der Waals surface area contributed by atoms with Crippen molar-refractivity contribution in [3.63, 3.8) is 0 Å². The molecule has 2 aromatic rings. The van der Waals surface area contributed by atoms with Crippen LogP contribution in [0.5, 0.6) is 0 Å². The van der Waals surface area contributed by atoms with Crippen LogP contribution < -0.4 is 0 Å². The second kappa shape index (κ2) is 5.75. The van der Waals surface area contributed by atoms with Crippen LogP contribution in [0.4, 0.5) is 0 Å². The molecule has 0 aliphatic rings. The number of rotatable bonds is 3. The molecule has 0 aliphatic carbocycles. The van der Waals surface area contributed by atoms with Gasteiger partial charge in [0.2, 0.25) is 0 Å². The molecule has 0 bridgehead atoms. The highest BCUT2D eigenvalue weighted by atomic mass is 79.9. The monoisotopic (exact) mass is 350 g/mol. The van der Waals surface area contributed by atoms with Crippen molar-refractivity contribution in [1.82, 2.24) is 9.55 Å². The number of halogens is 1. The number of benzene rings is 1. The van der Waals surface area contributed by atoms with Gasteiger partial charge in [0, 0.05) is 17.4 Å². The molecular formula is C18H27BrN2. The predicted molar refractivity (Wildman–Crippen MR) is 94.7 cm³/mol. The molecule has 116 valence electrons. The third-order valence-corrected chi connectivity index (χ3v) is 4.06. The number of hydrogen-bond acceptors (Lipinski definition) is 1. The number of fused-ring (bicyclic) bond motifs is 1. The lowest BCUT2D eigenvalue weighted by molar-refractivity contribution is 0.341. The average molecular weight is 351 g/mol. The van der Waals surface area contributed by atoms with Crippen LogP contribution in [0, 0.1) is 10.8 Å². The SMILES string of the molecule is CC(C)(C)CCn1c(CC(C)(C)C)nc2cc(Br)ccc21. The van der Waals surface area contributed by atoms with E-state index >= 15 is 0 Å². The van der Waals surface area contributed by atoms with Crippen molar-refractivity contribution in [2.75, 3.05) is 0 Å². The van der Waals surface area contributed by atoms with Gasteiger partial charge in [-0.1, -0.05) is 57.5 Å². The standard InChI is InChI=1S/C18H27BrN2/c1-17(2,3)9-10-21-15-8-7-13(19)11-14(15)20-16(21)12-18(4,5)6/h7-8,11H,9-10,12H2,1-6H3. The van der Waals surface area contributed by atoms with Crippen LogP contribution in [0.2, 0.25) is 0 Å². The van der Waals surface area contributed by atoms with Crippen molar-refractivity contribution in [1.29, 1.82) is 0 Å². The quantitative estimate of drug-likeness (QED) is 0.681.